The molecule has 6 nitrogen and oxygen atoms in total. The first-order valence-electron chi connectivity index (χ1n) is 7.67. The van der Waals surface area contributed by atoms with Crippen LogP contribution < -0.4 is 10.2 Å². The molecule has 0 aromatic carbocycles. The zero-order valence-corrected chi connectivity index (χ0v) is 12.5. The molecule has 1 aliphatic heterocycles. The van der Waals surface area contributed by atoms with Crippen molar-refractivity contribution in [3.8, 4) is 0 Å². The van der Waals surface area contributed by atoms with Crippen LogP contribution in [0.1, 0.15) is 18.4 Å². The number of aliphatic hydroxyl groups excluding tert-OH is 1. The van der Waals surface area contributed by atoms with Gasteiger partial charge in [0.25, 0.3) is 0 Å². The number of hydrogen-bond donors (Lipinski definition) is 2. The van der Waals surface area contributed by atoms with E-state index in [2.05, 4.69) is 37.3 Å². The van der Waals surface area contributed by atoms with Gasteiger partial charge in [-0.2, -0.15) is 0 Å². The first-order valence-corrected chi connectivity index (χ1v) is 7.67. The molecule has 0 radical (unpaired) electrons. The zero-order chi connectivity index (χ0) is 15.2. The van der Waals surface area contributed by atoms with Crippen LogP contribution in [0.3, 0.4) is 0 Å². The number of piperidine rings is 1. The normalized spacial score (nSPS) is 15.8. The Bertz CT molecular complexity index is 567. The molecule has 2 aromatic rings. The summed E-state index contributed by atoms with van der Waals surface area (Å²) in [5, 5.41) is 12.4. The Morgan fingerprint density at radius 3 is 2.55 bits per heavy atom. The molecular formula is C16H21N5O. The van der Waals surface area contributed by atoms with E-state index in [1.807, 2.05) is 6.20 Å². The summed E-state index contributed by atoms with van der Waals surface area (Å²) in [4.78, 5) is 15.1. The van der Waals surface area contributed by atoms with Crippen molar-refractivity contribution < 1.29 is 5.11 Å². The van der Waals surface area contributed by atoms with Crippen molar-refractivity contribution in [1.82, 2.24) is 15.0 Å². The Hall–Kier alpha value is -2.21. The van der Waals surface area contributed by atoms with Gasteiger partial charge in [-0.25, -0.2) is 15.0 Å². The Labute approximate surface area is 130 Å². The molecule has 116 valence electrons. The number of anilines is 2. The number of hydrogen-bond acceptors (Lipinski definition) is 6. The van der Waals surface area contributed by atoms with Crippen molar-refractivity contribution in [1.29, 1.82) is 0 Å². The van der Waals surface area contributed by atoms with E-state index >= 15 is 0 Å². The molecule has 3 heterocycles. The molecule has 0 unspecified atom stereocenters. The van der Waals surface area contributed by atoms with Crippen molar-refractivity contribution in [2.75, 3.05) is 29.9 Å². The number of aromatic nitrogens is 3. The third kappa shape index (κ3) is 3.71. The molecule has 0 amide bonds. The molecule has 3 rings (SSSR count). The largest absolute Gasteiger partial charge is 0.396 e. The summed E-state index contributed by atoms with van der Waals surface area (Å²) in [5.74, 6) is 2.08. The van der Waals surface area contributed by atoms with Crippen LogP contribution in [0.4, 0.5) is 11.8 Å². The molecule has 1 saturated heterocycles. The van der Waals surface area contributed by atoms with E-state index in [-0.39, 0.29) is 0 Å². The van der Waals surface area contributed by atoms with Gasteiger partial charge in [-0.1, -0.05) is 6.07 Å². The predicted molar refractivity (Wildman–Crippen MR) is 85.6 cm³/mol. The van der Waals surface area contributed by atoms with Crippen LogP contribution in [0, 0.1) is 5.92 Å². The molecule has 2 aromatic heterocycles. The second-order valence-electron chi connectivity index (χ2n) is 5.56. The van der Waals surface area contributed by atoms with E-state index < -0.39 is 0 Å². The van der Waals surface area contributed by atoms with Gasteiger partial charge < -0.3 is 15.3 Å². The maximum absolute atomic E-state index is 9.19. The highest BCUT2D eigenvalue weighted by Crippen LogP contribution is 2.21. The monoisotopic (exact) mass is 299 g/mol. The smallest absolute Gasteiger partial charge is 0.222 e. The number of nitrogens with zero attached hydrogens (tertiary/aromatic N) is 4. The average molecular weight is 299 g/mol. The summed E-state index contributed by atoms with van der Waals surface area (Å²) in [5.41, 5.74) is 1.10. The van der Waals surface area contributed by atoms with E-state index in [9.17, 15) is 5.11 Å². The maximum Gasteiger partial charge on any atom is 0.222 e. The Morgan fingerprint density at radius 1 is 1.14 bits per heavy atom. The van der Waals surface area contributed by atoms with E-state index in [0.717, 1.165) is 37.3 Å². The number of aliphatic hydroxyl groups is 1. The lowest BCUT2D eigenvalue weighted by Crippen LogP contribution is -2.35. The third-order valence-corrected chi connectivity index (χ3v) is 4.02. The third-order valence-electron chi connectivity index (χ3n) is 4.02. The van der Waals surface area contributed by atoms with Crippen molar-refractivity contribution in [2.24, 2.45) is 5.92 Å². The SMILES string of the molecule is OCC1CCN(c2ccc(CNc3ncccn3)cn2)CC1. The van der Waals surface area contributed by atoms with Gasteiger partial charge >= 0.3 is 0 Å². The van der Waals surface area contributed by atoms with Crippen LogP contribution in [0.5, 0.6) is 0 Å². The number of pyridine rings is 1. The molecule has 0 bridgehead atoms. The molecule has 2 N–H and O–H groups in total. The van der Waals surface area contributed by atoms with Crippen LogP contribution >= 0.6 is 0 Å². The predicted octanol–water partition coefficient (Wildman–Crippen LogP) is 1.69. The van der Waals surface area contributed by atoms with Crippen LogP contribution in [-0.4, -0.2) is 39.8 Å². The summed E-state index contributed by atoms with van der Waals surface area (Å²) in [6, 6.07) is 5.93. The molecule has 0 atom stereocenters. The first-order chi connectivity index (χ1) is 10.8. The van der Waals surface area contributed by atoms with E-state index in [1.165, 1.54) is 0 Å². The Balaban J connectivity index is 1.54. The van der Waals surface area contributed by atoms with Crippen LogP contribution in [0.25, 0.3) is 0 Å². The van der Waals surface area contributed by atoms with E-state index in [1.54, 1.807) is 18.5 Å². The van der Waals surface area contributed by atoms with Crippen molar-refractivity contribution >= 4 is 11.8 Å². The van der Waals surface area contributed by atoms with Crippen LogP contribution in [-0.2, 0) is 6.54 Å². The van der Waals surface area contributed by atoms with Crippen LogP contribution in [0.2, 0.25) is 0 Å². The fourth-order valence-corrected chi connectivity index (χ4v) is 2.62. The van der Waals surface area contributed by atoms with Gasteiger partial charge in [0, 0.05) is 44.8 Å². The highest BCUT2D eigenvalue weighted by atomic mass is 16.3. The van der Waals surface area contributed by atoms with Gasteiger partial charge in [0.2, 0.25) is 5.95 Å². The van der Waals surface area contributed by atoms with Gasteiger partial charge in [-0.05, 0) is 36.5 Å². The lowest BCUT2D eigenvalue weighted by Gasteiger charge is -2.32. The quantitative estimate of drug-likeness (QED) is 0.875. The highest BCUT2D eigenvalue weighted by molar-refractivity contribution is 5.40. The highest BCUT2D eigenvalue weighted by Gasteiger charge is 2.19. The van der Waals surface area contributed by atoms with Crippen molar-refractivity contribution in [3.05, 3.63) is 42.4 Å². The minimum atomic E-state index is 0.299. The number of rotatable bonds is 5. The van der Waals surface area contributed by atoms with E-state index in [0.29, 0.717) is 25.0 Å². The summed E-state index contributed by atoms with van der Waals surface area (Å²) < 4.78 is 0. The fraction of sp³-hybridized carbons (Fsp3) is 0.438. The fourth-order valence-electron chi connectivity index (χ4n) is 2.62. The summed E-state index contributed by atoms with van der Waals surface area (Å²) in [6.07, 6.45) is 7.39. The lowest BCUT2D eigenvalue weighted by atomic mass is 9.98. The minimum absolute atomic E-state index is 0.299. The van der Waals surface area contributed by atoms with Gasteiger partial charge in [0.05, 0.1) is 0 Å². The first kappa shape index (κ1) is 14.7. The van der Waals surface area contributed by atoms with E-state index in [4.69, 9.17) is 0 Å². The zero-order valence-electron chi connectivity index (χ0n) is 12.5. The second-order valence-corrected chi connectivity index (χ2v) is 5.56. The van der Waals surface area contributed by atoms with Gasteiger partial charge in [-0.3, -0.25) is 0 Å². The Morgan fingerprint density at radius 2 is 1.91 bits per heavy atom. The van der Waals surface area contributed by atoms with Gasteiger partial charge in [-0.15, -0.1) is 0 Å². The molecule has 0 saturated carbocycles. The summed E-state index contributed by atoms with van der Waals surface area (Å²) in [7, 11) is 0. The van der Waals surface area contributed by atoms with Crippen molar-refractivity contribution in [3.63, 3.8) is 0 Å². The average Bonchev–Trinajstić information content (AvgIpc) is 2.61. The molecule has 6 heteroatoms. The molecule has 22 heavy (non-hydrogen) atoms. The van der Waals surface area contributed by atoms with Crippen molar-refractivity contribution in [2.45, 2.75) is 19.4 Å². The van der Waals surface area contributed by atoms with Gasteiger partial charge in [0.15, 0.2) is 0 Å². The molecule has 0 aliphatic carbocycles. The minimum Gasteiger partial charge on any atom is -0.396 e. The second kappa shape index (κ2) is 7.17. The van der Waals surface area contributed by atoms with Gasteiger partial charge in [0.1, 0.15) is 5.82 Å². The summed E-state index contributed by atoms with van der Waals surface area (Å²) in [6.45, 7) is 2.89. The number of nitrogens with one attached hydrogen (secondary N) is 1. The molecule has 1 aliphatic rings. The Kier molecular flexibility index (Phi) is 4.80. The molecular weight excluding hydrogens is 278 g/mol. The standard InChI is InChI=1S/C16H21N5O/c22-12-13-4-8-21(9-5-13)15-3-2-14(10-19-15)11-20-16-17-6-1-7-18-16/h1-3,6-7,10,13,22H,4-5,8-9,11-12H2,(H,17,18,20). The molecule has 1 fully saturated rings. The maximum atomic E-state index is 9.19. The topological polar surface area (TPSA) is 74.2 Å². The molecule has 0 spiro atoms. The lowest BCUT2D eigenvalue weighted by molar-refractivity contribution is 0.203. The summed E-state index contributed by atoms with van der Waals surface area (Å²) >= 11 is 0. The van der Waals surface area contributed by atoms with Crippen LogP contribution in [0.15, 0.2) is 36.8 Å².